The molecule has 6 nitrogen and oxygen atoms in total. The van der Waals surface area contributed by atoms with E-state index in [1.54, 1.807) is 31.6 Å². The van der Waals surface area contributed by atoms with Gasteiger partial charge in [-0.15, -0.1) is 0 Å². The Morgan fingerprint density at radius 1 is 1.30 bits per heavy atom. The normalized spacial score (nSPS) is 19.7. The lowest BCUT2D eigenvalue weighted by Gasteiger charge is -2.26. The van der Waals surface area contributed by atoms with E-state index >= 15 is 0 Å². The smallest absolute Gasteiger partial charge is 0.408 e. The van der Waals surface area contributed by atoms with Crippen LogP contribution >= 0.6 is 21.6 Å². The molecule has 1 heterocycles. The molecule has 23 heavy (non-hydrogen) atoms. The quantitative estimate of drug-likeness (QED) is 0.475. The van der Waals surface area contributed by atoms with Gasteiger partial charge in [0.25, 0.3) is 0 Å². The molecule has 0 aliphatic carbocycles. The largest absolute Gasteiger partial charge is 0.444 e. The molecule has 0 aromatic heterocycles. The van der Waals surface area contributed by atoms with Gasteiger partial charge in [0.05, 0.1) is 0 Å². The van der Waals surface area contributed by atoms with Gasteiger partial charge in [-0.05, 0) is 53.0 Å². The fourth-order valence-electron chi connectivity index (χ4n) is 2.09. The maximum atomic E-state index is 12.5. The second-order valence-electron chi connectivity index (χ2n) is 6.58. The van der Waals surface area contributed by atoms with E-state index in [4.69, 9.17) is 10.5 Å². The third-order valence-corrected chi connectivity index (χ3v) is 5.72. The predicted molar refractivity (Wildman–Crippen MR) is 97.5 cm³/mol. The van der Waals surface area contributed by atoms with E-state index in [0.717, 1.165) is 30.8 Å². The molecule has 1 unspecified atom stereocenters. The second kappa shape index (κ2) is 10.3. The van der Waals surface area contributed by atoms with Crippen LogP contribution < -0.4 is 16.4 Å². The topological polar surface area (TPSA) is 93.4 Å². The SMILES string of the molecule is CC(C)(C)OC(=O)N[C@@H](CCCCN)C(=O)NC1CCSSC1. The Balaban J connectivity index is 2.55. The van der Waals surface area contributed by atoms with E-state index in [1.807, 2.05) is 10.8 Å². The molecular formula is C15H29N3O3S2. The Kier molecular flexibility index (Phi) is 9.16. The zero-order chi connectivity index (χ0) is 17.3. The van der Waals surface area contributed by atoms with Crippen molar-refractivity contribution in [2.45, 2.75) is 64.1 Å². The van der Waals surface area contributed by atoms with Gasteiger partial charge in [0.2, 0.25) is 5.91 Å². The summed E-state index contributed by atoms with van der Waals surface area (Å²) < 4.78 is 5.25. The van der Waals surface area contributed by atoms with Crippen LogP contribution in [0.25, 0.3) is 0 Å². The highest BCUT2D eigenvalue weighted by Crippen LogP contribution is 2.29. The number of hydrogen-bond donors (Lipinski definition) is 3. The van der Waals surface area contributed by atoms with Crippen LogP contribution in [0.4, 0.5) is 4.79 Å². The highest BCUT2D eigenvalue weighted by atomic mass is 33.1. The second-order valence-corrected chi connectivity index (χ2v) is 9.21. The molecule has 2 amide bonds. The third kappa shape index (κ3) is 9.32. The van der Waals surface area contributed by atoms with Crippen LogP contribution in [0.5, 0.6) is 0 Å². The van der Waals surface area contributed by atoms with E-state index < -0.39 is 17.7 Å². The molecule has 0 saturated carbocycles. The lowest BCUT2D eigenvalue weighted by molar-refractivity contribution is -0.124. The number of carbonyl (C=O) groups excluding carboxylic acids is 2. The van der Waals surface area contributed by atoms with Gasteiger partial charge in [-0.3, -0.25) is 4.79 Å². The maximum absolute atomic E-state index is 12.5. The van der Waals surface area contributed by atoms with Gasteiger partial charge >= 0.3 is 6.09 Å². The zero-order valence-electron chi connectivity index (χ0n) is 14.2. The molecule has 1 aliphatic heterocycles. The average Bonchev–Trinajstić information content (AvgIpc) is 2.45. The molecule has 0 aromatic carbocycles. The van der Waals surface area contributed by atoms with Gasteiger partial charge in [0.1, 0.15) is 11.6 Å². The number of nitrogens with two attached hydrogens (primary N) is 1. The fraction of sp³-hybridized carbons (Fsp3) is 0.867. The minimum Gasteiger partial charge on any atom is -0.444 e. The summed E-state index contributed by atoms with van der Waals surface area (Å²) in [5, 5.41) is 5.74. The van der Waals surface area contributed by atoms with Crippen molar-refractivity contribution >= 4 is 33.6 Å². The number of unbranched alkanes of at least 4 members (excludes halogenated alkanes) is 1. The molecule has 0 radical (unpaired) electrons. The van der Waals surface area contributed by atoms with Crippen molar-refractivity contribution in [2.24, 2.45) is 5.73 Å². The standard InChI is InChI=1S/C15H29N3O3S2/c1-15(2,3)21-14(20)18-12(6-4-5-8-16)13(19)17-11-7-9-22-23-10-11/h11-12H,4-10,16H2,1-3H3,(H,17,19)(H,18,20)/t11?,12-/m0/s1. The summed E-state index contributed by atoms with van der Waals surface area (Å²) in [6, 6.07) is -0.401. The van der Waals surface area contributed by atoms with Crippen molar-refractivity contribution in [2.75, 3.05) is 18.1 Å². The molecule has 8 heteroatoms. The molecule has 1 saturated heterocycles. The van der Waals surface area contributed by atoms with E-state index in [2.05, 4.69) is 10.6 Å². The molecule has 4 N–H and O–H groups in total. The molecule has 0 aromatic rings. The van der Waals surface area contributed by atoms with Crippen LogP contribution in [0.15, 0.2) is 0 Å². The van der Waals surface area contributed by atoms with Gasteiger partial charge in [0, 0.05) is 17.5 Å². The third-order valence-electron chi connectivity index (χ3n) is 3.20. The molecule has 2 atom stereocenters. The van der Waals surface area contributed by atoms with E-state index in [-0.39, 0.29) is 11.9 Å². The predicted octanol–water partition coefficient (Wildman–Crippen LogP) is 2.28. The first-order valence-electron chi connectivity index (χ1n) is 8.06. The summed E-state index contributed by atoms with van der Waals surface area (Å²) in [5.74, 6) is 1.80. The lowest BCUT2D eigenvalue weighted by atomic mass is 10.1. The van der Waals surface area contributed by atoms with Crippen LogP contribution in [-0.4, -0.2) is 47.7 Å². The van der Waals surface area contributed by atoms with E-state index in [0.29, 0.717) is 13.0 Å². The molecule has 1 aliphatic rings. The van der Waals surface area contributed by atoms with Crippen molar-refractivity contribution in [1.29, 1.82) is 0 Å². The summed E-state index contributed by atoms with van der Waals surface area (Å²) in [5.41, 5.74) is 4.92. The summed E-state index contributed by atoms with van der Waals surface area (Å²) in [4.78, 5) is 24.4. The number of ether oxygens (including phenoxy) is 1. The van der Waals surface area contributed by atoms with Gasteiger partial charge < -0.3 is 21.1 Å². The number of carbonyl (C=O) groups is 2. The van der Waals surface area contributed by atoms with Gasteiger partial charge in [-0.25, -0.2) is 4.79 Å². The maximum Gasteiger partial charge on any atom is 0.408 e. The highest BCUT2D eigenvalue weighted by molar-refractivity contribution is 8.76. The summed E-state index contributed by atoms with van der Waals surface area (Å²) in [6.45, 7) is 5.98. The Labute approximate surface area is 146 Å². The average molecular weight is 364 g/mol. The summed E-state index contributed by atoms with van der Waals surface area (Å²) in [6.07, 6.45) is 2.59. The number of rotatable bonds is 7. The van der Waals surface area contributed by atoms with Crippen LogP contribution in [0, 0.1) is 0 Å². The number of hydrogen-bond acceptors (Lipinski definition) is 6. The van der Waals surface area contributed by atoms with Gasteiger partial charge in [-0.2, -0.15) is 0 Å². The molecule has 1 fully saturated rings. The number of alkyl carbamates (subject to hydrolysis) is 1. The zero-order valence-corrected chi connectivity index (χ0v) is 15.9. The fourth-order valence-corrected chi connectivity index (χ4v) is 4.52. The molecular weight excluding hydrogens is 334 g/mol. The molecule has 134 valence electrons. The van der Waals surface area contributed by atoms with Gasteiger partial charge in [0.15, 0.2) is 0 Å². The molecule has 0 spiro atoms. The molecule has 1 rings (SSSR count). The van der Waals surface area contributed by atoms with Crippen LogP contribution in [0.3, 0.4) is 0 Å². The first-order valence-corrected chi connectivity index (χ1v) is 10.5. The van der Waals surface area contributed by atoms with Crippen molar-refractivity contribution in [1.82, 2.24) is 10.6 Å². The summed E-state index contributed by atoms with van der Waals surface area (Å²) >= 11 is 0. The van der Waals surface area contributed by atoms with Crippen molar-refractivity contribution in [3.05, 3.63) is 0 Å². The van der Waals surface area contributed by atoms with Crippen molar-refractivity contribution < 1.29 is 14.3 Å². The Morgan fingerprint density at radius 2 is 2.04 bits per heavy atom. The Bertz CT molecular complexity index is 383. The van der Waals surface area contributed by atoms with Crippen LogP contribution in [0.1, 0.15) is 46.5 Å². The van der Waals surface area contributed by atoms with E-state index in [1.165, 1.54) is 0 Å². The Morgan fingerprint density at radius 3 is 2.61 bits per heavy atom. The van der Waals surface area contributed by atoms with Gasteiger partial charge in [-0.1, -0.05) is 21.6 Å². The van der Waals surface area contributed by atoms with E-state index in [9.17, 15) is 9.59 Å². The first kappa shape index (κ1) is 20.4. The van der Waals surface area contributed by atoms with Crippen molar-refractivity contribution in [3.8, 4) is 0 Å². The number of nitrogens with one attached hydrogen (secondary N) is 2. The number of amides is 2. The Hall–Kier alpha value is -0.600. The lowest BCUT2D eigenvalue weighted by Crippen LogP contribution is -2.51. The van der Waals surface area contributed by atoms with Crippen molar-refractivity contribution in [3.63, 3.8) is 0 Å². The van der Waals surface area contributed by atoms with Crippen LogP contribution in [-0.2, 0) is 9.53 Å². The molecule has 0 bridgehead atoms. The minimum atomic E-state index is -0.584. The van der Waals surface area contributed by atoms with Crippen LogP contribution in [0.2, 0.25) is 0 Å². The summed E-state index contributed by atoms with van der Waals surface area (Å²) in [7, 11) is 3.60. The highest BCUT2D eigenvalue weighted by Gasteiger charge is 2.26. The monoisotopic (exact) mass is 363 g/mol. The first-order chi connectivity index (χ1) is 10.8. The minimum absolute atomic E-state index is 0.134.